The van der Waals surface area contributed by atoms with E-state index in [1.807, 2.05) is 0 Å². The van der Waals surface area contributed by atoms with E-state index >= 15 is 0 Å². The van der Waals surface area contributed by atoms with E-state index in [0.29, 0.717) is 25.1 Å². The highest BCUT2D eigenvalue weighted by atomic mass is 16.6. The number of hydrogen-bond acceptors (Lipinski definition) is 5. The molecule has 1 aromatic rings. The number of nitrogens with zero attached hydrogens (tertiary/aromatic N) is 2. The number of furan rings is 1. The molecule has 0 aromatic carbocycles. The van der Waals surface area contributed by atoms with E-state index in [1.165, 1.54) is 12.5 Å². The van der Waals surface area contributed by atoms with Crippen LogP contribution in [0, 0.1) is 0 Å². The Morgan fingerprint density at radius 2 is 2.21 bits per heavy atom. The van der Waals surface area contributed by atoms with Gasteiger partial charge in [-0.25, -0.2) is 9.69 Å². The minimum Gasteiger partial charge on any atom is -0.472 e. The van der Waals surface area contributed by atoms with Crippen LogP contribution in [0.3, 0.4) is 0 Å². The van der Waals surface area contributed by atoms with Crippen LogP contribution in [-0.4, -0.2) is 53.4 Å². The van der Waals surface area contributed by atoms with Crippen LogP contribution in [0.5, 0.6) is 0 Å². The van der Waals surface area contributed by atoms with Crippen LogP contribution in [0.25, 0.3) is 0 Å². The molecule has 2 fully saturated rings. The summed E-state index contributed by atoms with van der Waals surface area (Å²) in [6.07, 6.45) is 2.77. The van der Waals surface area contributed by atoms with Gasteiger partial charge in [-0.3, -0.25) is 9.59 Å². The highest BCUT2D eigenvalue weighted by Gasteiger charge is 2.41. The van der Waals surface area contributed by atoms with Crippen LogP contribution in [0.4, 0.5) is 4.79 Å². The molecule has 1 atom stereocenters. The first kappa shape index (κ1) is 11.8. The number of cyclic esters (lactones) is 1. The zero-order valence-corrected chi connectivity index (χ0v) is 10.1. The summed E-state index contributed by atoms with van der Waals surface area (Å²) >= 11 is 0. The Hall–Kier alpha value is -2.31. The summed E-state index contributed by atoms with van der Waals surface area (Å²) in [6.45, 7) is 0.640. The number of rotatable bonds is 2. The van der Waals surface area contributed by atoms with Gasteiger partial charge in [0.2, 0.25) is 0 Å². The average Bonchev–Trinajstić information content (AvgIpc) is 3.10. The lowest BCUT2D eigenvalue weighted by Gasteiger charge is -2.20. The maximum Gasteiger partial charge on any atom is 0.417 e. The first-order valence-electron chi connectivity index (χ1n) is 5.97. The molecule has 2 aliphatic rings. The van der Waals surface area contributed by atoms with E-state index < -0.39 is 6.09 Å². The van der Waals surface area contributed by atoms with E-state index in [0.717, 1.165) is 4.90 Å². The van der Waals surface area contributed by atoms with Gasteiger partial charge in [-0.2, -0.15) is 0 Å². The molecule has 0 radical (unpaired) electrons. The highest BCUT2D eigenvalue weighted by Crippen LogP contribution is 2.21. The molecular weight excluding hydrogens is 252 g/mol. The van der Waals surface area contributed by atoms with Gasteiger partial charge in [-0.05, 0) is 12.5 Å². The first-order chi connectivity index (χ1) is 9.16. The smallest absolute Gasteiger partial charge is 0.417 e. The molecule has 0 bridgehead atoms. The van der Waals surface area contributed by atoms with Gasteiger partial charge >= 0.3 is 6.09 Å². The Morgan fingerprint density at radius 3 is 2.84 bits per heavy atom. The zero-order chi connectivity index (χ0) is 13.4. The quantitative estimate of drug-likeness (QED) is 0.775. The third-order valence-electron chi connectivity index (χ3n) is 3.37. The van der Waals surface area contributed by atoms with Gasteiger partial charge < -0.3 is 14.1 Å². The Balaban J connectivity index is 1.69. The molecule has 19 heavy (non-hydrogen) atoms. The zero-order valence-electron chi connectivity index (χ0n) is 10.1. The van der Waals surface area contributed by atoms with Gasteiger partial charge in [0.05, 0.1) is 17.9 Å². The van der Waals surface area contributed by atoms with E-state index in [-0.39, 0.29) is 24.5 Å². The van der Waals surface area contributed by atoms with Gasteiger partial charge in [-0.1, -0.05) is 0 Å². The largest absolute Gasteiger partial charge is 0.472 e. The van der Waals surface area contributed by atoms with Crippen LogP contribution in [0.1, 0.15) is 16.8 Å². The molecule has 100 valence electrons. The van der Waals surface area contributed by atoms with Crippen LogP contribution in [0.2, 0.25) is 0 Å². The molecular formula is C12H12N2O5. The number of carbonyl (C=O) groups excluding carboxylic acids is 3. The van der Waals surface area contributed by atoms with Crippen LogP contribution >= 0.6 is 0 Å². The van der Waals surface area contributed by atoms with Gasteiger partial charge in [0.25, 0.3) is 11.8 Å². The van der Waals surface area contributed by atoms with E-state index in [2.05, 4.69) is 4.74 Å². The monoisotopic (exact) mass is 264 g/mol. The lowest BCUT2D eigenvalue weighted by molar-refractivity contribution is -0.127. The average molecular weight is 264 g/mol. The second-order valence-electron chi connectivity index (χ2n) is 4.52. The third-order valence-corrected chi connectivity index (χ3v) is 3.37. The number of carbonyl (C=O) groups is 3. The molecule has 0 spiro atoms. The van der Waals surface area contributed by atoms with Crippen molar-refractivity contribution in [3.05, 3.63) is 24.2 Å². The molecule has 0 aliphatic carbocycles. The molecule has 3 amide bonds. The number of likely N-dealkylation sites (tertiary alicyclic amines) is 1. The molecule has 3 heterocycles. The molecule has 0 N–H and O–H groups in total. The van der Waals surface area contributed by atoms with Crippen molar-refractivity contribution in [2.45, 2.75) is 12.5 Å². The van der Waals surface area contributed by atoms with Crippen molar-refractivity contribution in [3.63, 3.8) is 0 Å². The molecule has 1 aromatic heterocycles. The van der Waals surface area contributed by atoms with Crippen molar-refractivity contribution in [1.82, 2.24) is 9.80 Å². The standard InChI is InChI=1S/C12H12N2O5/c15-10-7-19-12(17)14(10)9-1-3-13(5-9)11(16)8-2-4-18-6-8/h2,4,6,9H,1,3,5,7H2. The van der Waals surface area contributed by atoms with Crippen LogP contribution < -0.4 is 0 Å². The van der Waals surface area contributed by atoms with E-state index in [4.69, 9.17) is 4.42 Å². The maximum absolute atomic E-state index is 12.1. The van der Waals surface area contributed by atoms with E-state index in [9.17, 15) is 14.4 Å². The Morgan fingerprint density at radius 1 is 1.37 bits per heavy atom. The van der Waals surface area contributed by atoms with Crippen molar-refractivity contribution in [2.24, 2.45) is 0 Å². The minimum atomic E-state index is -0.618. The first-order valence-corrected chi connectivity index (χ1v) is 5.97. The summed E-state index contributed by atoms with van der Waals surface area (Å²) in [5.74, 6) is -0.496. The van der Waals surface area contributed by atoms with E-state index in [1.54, 1.807) is 11.0 Å². The Labute approximate surface area is 108 Å². The van der Waals surface area contributed by atoms with Gasteiger partial charge in [-0.15, -0.1) is 0 Å². The lowest BCUT2D eigenvalue weighted by atomic mass is 10.2. The summed E-state index contributed by atoms with van der Waals surface area (Å²) in [5.41, 5.74) is 0.468. The number of hydrogen-bond donors (Lipinski definition) is 0. The number of amides is 3. The normalized spacial score (nSPS) is 23.1. The molecule has 7 heteroatoms. The summed E-state index contributed by atoms with van der Waals surface area (Å²) in [4.78, 5) is 37.8. The Bertz CT molecular complexity index is 508. The van der Waals surface area contributed by atoms with Crippen LogP contribution in [-0.2, 0) is 9.53 Å². The second-order valence-corrected chi connectivity index (χ2v) is 4.52. The fourth-order valence-corrected chi connectivity index (χ4v) is 2.42. The maximum atomic E-state index is 12.1. The SMILES string of the molecule is O=C(c1ccoc1)N1CCC(N2C(=O)COC2=O)C1. The lowest BCUT2D eigenvalue weighted by Crippen LogP contribution is -2.41. The van der Waals surface area contributed by atoms with Crippen molar-refractivity contribution >= 4 is 17.9 Å². The fourth-order valence-electron chi connectivity index (χ4n) is 2.42. The second kappa shape index (κ2) is 4.42. The topological polar surface area (TPSA) is 80.1 Å². The van der Waals surface area contributed by atoms with Gasteiger partial charge in [0, 0.05) is 13.1 Å². The molecule has 2 aliphatic heterocycles. The van der Waals surface area contributed by atoms with Crippen LogP contribution in [0.15, 0.2) is 23.0 Å². The predicted octanol–water partition coefficient (Wildman–Crippen LogP) is 0.473. The van der Waals surface area contributed by atoms with Crippen molar-refractivity contribution < 1.29 is 23.5 Å². The fraction of sp³-hybridized carbons (Fsp3) is 0.417. The minimum absolute atomic E-state index is 0.156. The molecule has 7 nitrogen and oxygen atoms in total. The molecule has 3 rings (SSSR count). The summed E-state index contributed by atoms with van der Waals surface area (Å²) in [6, 6.07) is 1.30. The summed E-state index contributed by atoms with van der Waals surface area (Å²) < 4.78 is 9.55. The van der Waals surface area contributed by atoms with Crippen molar-refractivity contribution in [2.75, 3.05) is 19.7 Å². The number of imide groups is 1. The Kier molecular flexibility index (Phi) is 2.73. The number of ether oxygens (including phenoxy) is 1. The molecule has 0 saturated carbocycles. The van der Waals surface area contributed by atoms with Crippen molar-refractivity contribution in [1.29, 1.82) is 0 Å². The van der Waals surface area contributed by atoms with Gasteiger partial charge in [0.1, 0.15) is 6.26 Å². The summed E-state index contributed by atoms with van der Waals surface area (Å²) in [7, 11) is 0. The highest BCUT2D eigenvalue weighted by molar-refractivity contribution is 5.98. The summed E-state index contributed by atoms with van der Waals surface area (Å²) in [5, 5.41) is 0. The predicted molar refractivity (Wildman–Crippen MR) is 61.2 cm³/mol. The third kappa shape index (κ3) is 1.96. The molecule has 2 saturated heterocycles. The van der Waals surface area contributed by atoms with Gasteiger partial charge in [0.15, 0.2) is 6.61 Å². The molecule has 1 unspecified atom stereocenters. The van der Waals surface area contributed by atoms with Crippen molar-refractivity contribution in [3.8, 4) is 0 Å².